The highest BCUT2D eigenvalue weighted by Gasteiger charge is 2.15. The Kier molecular flexibility index (Phi) is 4.82. The van der Waals surface area contributed by atoms with E-state index in [-0.39, 0.29) is 0 Å². The maximum absolute atomic E-state index is 5.28. The number of rotatable bonds is 3. The highest BCUT2D eigenvalue weighted by atomic mass is 16.5. The number of benzene rings is 1. The van der Waals surface area contributed by atoms with Gasteiger partial charge in [0.1, 0.15) is 5.75 Å². The zero-order valence-corrected chi connectivity index (χ0v) is 11.2. The molecule has 0 radical (unpaired) electrons. The van der Waals surface area contributed by atoms with Crippen molar-refractivity contribution in [1.29, 1.82) is 0 Å². The van der Waals surface area contributed by atoms with E-state index < -0.39 is 0 Å². The Hall–Kier alpha value is -1.28. The van der Waals surface area contributed by atoms with Gasteiger partial charge in [0.05, 0.1) is 7.11 Å². The average molecular weight is 245 g/mol. The minimum absolute atomic E-state index is 0.602. The molecule has 1 atom stereocenters. The fourth-order valence-corrected chi connectivity index (χ4v) is 2.59. The van der Waals surface area contributed by atoms with Crippen molar-refractivity contribution in [3.63, 3.8) is 0 Å². The molecule has 1 unspecified atom stereocenters. The second kappa shape index (κ2) is 6.60. The van der Waals surface area contributed by atoms with Crippen LogP contribution < -0.4 is 10.1 Å². The molecule has 0 aromatic heterocycles. The SMILES string of the molecule is C=C(c1cccc(OC)c1)C1CCCCNCC1. The summed E-state index contributed by atoms with van der Waals surface area (Å²) in [5, 5.41) is 3.48. The van der Waals surface area contributed by atoms with Crippen molar-refractivity contribution in [2.75, 3.05) is 20.2 Å². The first-order valence-corrected chi connectivity index (χ1v) is 6.85. The molecule has 0 spiro atoms. The molecule has 1 heterocycles. The minimum Gasteiger partial charge on any atom is -0.497 e. The summed E-state index contributed by atoms with van der Waals surface area (Å²) in [6.07, 6.45) is 5.02. The number of ether oxygens (including phenoxy) is 1. The number of allylic oxidation sites excluding steroid dienone is 1. The van der Waals surface area contributed by atoms with Crippen molar-refractivity contribution < 1.29 is 4.74 Å². The quantitative estimate of drug-likeness (QED) is 0.880. The average Bonchev–Trinajstić information content (AvgIpc) is 2.38. The van der Waals surface area contributed by atoms with Crippen LogP contribution in [0.4, 0.5) is 0 Å². The zero-order valence-electron chi connectivity index (χ0n) is 11.2. The topological polar surface area (TPSA) is 21.3 Å². The lowest BCUT2D eigenvalue weighted by Gasteiger charge is -2.23. The van der Waals surface area contributed by atoms with Crippen molar-refractivity contribution in [3.05, 3.63) is 36.4 Å². The van der Waals surface area contributed by atoms with Gasteiger partial charge in [-0.25, -0.2) is 0 Å². The van der Waals surface area contributed by atoms with Crippen LogP contribution in [0.25, 0.3) is 5.57 Å². The van der Waals surface area contributed by atoms with Crippen LogP contribution in [0.3, 0.4) is 0 Å². The van der Waals surface area contributed by atoms with Gasteiger partial charge in [-0.2, -0.15) is 0 Å². The van der Waals surface area contributed by atoms with E-state index in [1.54, 1.807) is 7.11 Å². The van der Waals surface area contributed by atoms with Gasteiger partial charge in [-0.3, -0.25) is 0 Å². The van der Waals surface area contributed by atoms with E-state index in [9.17, 15) is 0 Å². The van der Waals surface area contributed by atoms with Crippen molar-refractivity contribution in [3.8, 4) is 5.75 Å². The molecule has 98 valence electrons. The van der Waals surface area contributed by atoms with Crippen molar-refractivity contribution in [2.45, 2.75) is 25.7 Å². The molecule has 1 N–H and O–H groups in total. The molecule has 1 fully saturated rings. The third kappa shape index (κ3) is 3.36. The van der Waals surface area contributed by atoms with Crippen LogP contribution in [-0.4, -0.2) is 20.2 Å². The molecule has 1 aromatic carbocycles. The van der Waals surface area contributed by atoms with Gasteiger partial charge in [0.25, 0.3) is 0 Å². The van der Waals surface area contributed by atoms with Crippen LogP contribution in [0.1, 0.15) is 31.2 Å². The number of hydrogen-bond donors (Lipinski definition) is 1. The molecule has 0 saturated carbocycles. The van der Waals surface area contributed by atoms with E-state index in [1.165, 1.54) is 43.4 Å². The molecule has 2 nitrogen and oxygen atoms in total. The standard InChI is InChI=1S/C16H23NO/c1-13(14-6-3-4-10-17-11-9-14)15-7-5-8-16(12-15)18-2/h5,7-8,12,14,17H,1,3-4,6,9-11H2,2H3. The van der Waals surface area contributed by atoms with Gasteiger partial charge in [0, 0.05) is 0 Å². The van der Waals surface area contributed by atoms with E-state index in [2.05, 4.69) is 24.0 Å². The Balaban J connectivity index is 2.08. The number of methoxy groups -OCH3 is 1. The van der Waals surface area contributed by atoms with Crippen LogP contribution in [0.2, 0.25) is 0 Å². The molecular weight excluding hydrogens is 222 g/mol. The van der Waals surface area contributed by atoms with Crippen molar-refractivity contribution in [2.24, 2.45) is 5.92 Å². The molecule has 0 amide bonds. The maximum atomic E-state index is 5.28. The molecule has 2 heteroatoms. The fraction of sp³-hybridized carbons (Fsp3) is 0.500. The third-order valence-electron chi connectivity index (χ3n) is 3.76. The van der Waals surface area contributed by atoms with Gasteiger partial charge in [-0.05, 0) is 61.5 Å². The van der Waals surface area contributed by atoms with E-state index in [0.717, 1.165) is 12.3 Å². The Bertz CT molecular complexity index is 392. The van der Waals surface area contributed by atoms with Gasteiger partial charge >= 0.3 is 0 Å². The lowest BCUT2D eigenvalue weighted by atomic mass is 9.86. The third-order valence-corrected chi connectivity index (χ3v) is 3.76. The van der Waals surface area contributed by atoms with Gasteiger partial charge < -0.3 is 10.1 Å². The van der Waals surface area contributed by atoms with Gasteiger partial charge in [0.15, 0.2) is 0 Å². The summed E-state index contributed by atoms with van der Waals surface area (Å²) in [6, 6.07) is 8.25. The second-order valence-corrected chi connectivity index (χ2v) is 4.99. The summed E-state index contributed by atoms with van der Waals surface area (Å²) in [4.78, 5) is 0. The van der Waals surface area contributed by atoms with Crippen LogP contribution in [0, 0.1) is 5.92 Å². The Morgan fingerprint density at radius 2 is 2.17 bits per heavy atom. The zero-order chi connectivity index (χ0) is 12.8. The summed E-state index contributed by atoms with van der Waals surface area (Å²) < 4.78 is 5.28. The Morgan fingerprint density at radius 1 is 1.28 bits per heavy atom. The molecule has 0 aliphatic carbocycles. The molecule has 1 aliphatic heterocycles. The smallest absolute Gasteiger partial charge is 0.119 e. The predicted molar refractivity (Wildman–Crippen MR) is 76.9 cm³/mol. The van der Waals surface area contributed by atoms with Gasteiger partial charge in [-0.15, -0.1) is 0 Å². The summed E-state index contributed by atoms with van der Waals surface area (Å²) in [7, 11) is 1.71. The summed E-state index contributed by atoms with van der Waals surface area (Å²) in [5.41, 5.74) is 2.48. The summed E-state index contributed by atoms with van der Waals surface area (Å²) >= 11 is 0. The fourth-order valence-electron chi connectivity index (χ4n) is 2.59. The molecule has 18 heavy (non-hydrogen) atoms. The van der Waals surface area contributed by atoms with E-state index in [1.807, 2.05) is 12.1 Å². The first-order chi connectivity index (χ1) is 8.81. The molecule has 1 aromatic rings. The highest BCUT2D eigenvalue weighted by molar-refractivity contribution is 5.66. The lowest BCUT2D eigenvalue weighted by molar-refractivity contribution is 0.414. The molecule has 2 rings (SSSR count). The monoisotopic (exact) mass is 245 g/mol. The van der Waals surface area contributed by atoms with Crippen molar-refractivity contribution in [1.82, 2.24) is 5.32 Å². The van der Waals surface area contributed by atoms with Gasteiger partial charge in [0.2, 0.25) is 0 Å². The predicted octanol–water partition coefficient (Wildman–Crippen LogP) is 3.49. The van der Waals surface area contributed by atoms with Gasteiger partial charge in [-0.1, -0.05) is 25.1 Å². The molecule has 1 saturated heterocycles. The lowest BCUT2D eigenvalue weighted by Crippen LogP contribution is -2.22. The van der Waals surface area contributed by atoms with Crippen LogP contribution in [0.5, 0.6) is 5.75 Å². The summed E-state index contributed by atoms with van der Waals surface area (Å²) in [6.45, 7) is 6.58. The van der Waals surface area contributed by atoms with Crippen LogP contribution in [-0.2, 0) is 0 Å². The minimum atomic E-state index is 0.602. The number of hydrogen-bond acceptors (Lipinski definition) is 2. The van der Waals surface area contributed by atoms with E-state index >= 15 is 0 Å². The maximum Gasteiger partial charge on any atom is 0.119 e. The molecule has 1 aliphatic rings. The Labute approximate surface area is 110 Å². The van der Waals surface area contributed by atoms with Crippen molar-refractivity contribution >= 4 is 5.57 Å². The first kappa shape index (κ1) is 13.2. The largest absolute Gasteiger partial charge is 0.497 e. The second-order valence-electron chi connectivity index (χ2n) is 4.99. The van der Waals surface area contributed by atoms with Crippen LogP contribution in [0.15, 0.2) is 30.8 Å². The van der Waals surface area contributed by atoms with E-state index in [0.29, 0.717) is 5.92 Å². The first-order valence-electron chi connectivity index (χ1n) is 6.85. The molecular formula is C16H23NO. The number of nitrogens with one attached hydrogen (secondary N) is 1. The summed E-state index contributed by atoms with van der Waals surface area (Å²) in [5.74, 6) is 1.52. The highest BCUT2D eigenvalue weighted by Crippen LogP contribution is 2.30. The normalized spacial score (nSPS) is 20.8. The van der Waals surface area contributed by atoms with E-state index in [4.69, 9.17) is 4.74 Å². The molecule has 0 bridgehead atoms. The van der Waals surface area contributed by atoms with Crippen LogP contribution >= 0.6 is 0 Å². The Morgan fingerprint density at radius 3 is 3.00 bits per heavy atom.